The Kier molecular flexibility index (Phi) is 8.14. The zero-order valence-electron chi connectivity index (χ0n) is 20.1. The molecular weight excluding hydrogens is 534 g/mol. The van der Waals surface area contributed by atoms with Crippen LogP contribution in [0.3, 0.4) is 0 Å². The summed E-state index contributed by atoms with van der Waals surface area (Å²) in [6.07, 6.45) is 3.41. The molecule has 1 heterocycles. The molecule has 0 radical (unpaired) electrons. The summed E-state index contributed by atoms with van der Waals surface area (Å²) in [6.45, 7) is 3.96. The van der Waals surface area contributed by atoms with Gasteiger partial charge in [0.05, 0.1) is 22.8 Å². The maximum Gasteiger partial charge on any atom is 0.335 e. The summed E-state index contributed by atoms with van der Waals surface area (Å²) in [4.78, 5) is 38.9. The third kappa shape index (κ3) is 5.72. The number of nitrogens with zero attached hydrogens (tertiary/aromatic N) is 1. The summed E-state index contributed by atoms with van der Waals surface area (Å²) < 4.78 is 25.0. The number of benzene rings is 3. The number of methoxy groups -OCH3 is 1. The van der Waals surface area contributed by atoms with Gasteiger partial charge >= 0.3 is 6.03 Å². The minimum atomic E-state index is -0.931. The molecule has 1 N–H and O–H groups in total. The highest BCUT2D eigenvalue weighted by molar-refractivity contribution is 6.42. The average Bonchev–Trinajstić information content (AvgIpc) is 2.88. The lowest BCUT2D eigenvalue weighted by molar-refractivity contribution is -0.122. The van der Waals surface area contributed by atoms with Gasteiger partial charge in [0, 0.05) is 5.56 Å². The molecule has 1 saturated heterocycles. The number of carbonyl (C=O) groups is 3. The van der Waals surface area contributed by atoms with Crippen molar-refractivity contribution in [3.05, 3.63) is 105 Å². The van der Waals surface area contributed by atoms with E-state index in [-0.39, 0.29) is 17.9 Å². The van der Waals surface area contributed by atoms with Crippen LogP contribution in [0.2, 0.25) is 10.0 Å². The van der Waals surface area contributed by atoms with Gasteiger partial charge in [0.15, 0.2) is 11.5 Å². The van der Waals surface area contributed by atoms with E-state index < -0.39 is 23.7 Å². The van der Waals surface area contributed by atoms with E-state index in [9.17, 15) is 18.8 Å². The van der Waals surface area contributed by atoms with Crippen LogP contribution in [-0.2, 0) is 22.6 Å². The second kappa shape index (κ2) is 11.5. The van der Waals surface area contributed by atoms with Gasteiger partial charge in [-0.15, -0.1) is 6.58 Å². The van der Waals surface area contributed by atoms with Gasteiger partial charge in [-0.2, -0.15) is 0 Å². The predicted molar refractivity (Wildman–Crippen MR) is 143 cm³/mol. The zero-order valence-corrected chi connectivity index (χ0v) is 21.6. The second-order valence-corrected chi connectivity index (χ2v) is 8.99. The van der Waals surface area contributed by atoms with Crippen molar-refractivity contribution >= 4 is 52.8 Å². The third-order valence-corrected chi connectivity index (χ3v) is 6.34. The number of urea groups is 1. The molecule has 0 aromatic heterocycles. The minimum Gasteiger partial charge on any atom is -0.493 e. The summed E-state index contributed by atoms with van der Waals surface area (Å²) in [5.74, 6) is -1.44. The van der Waals surface area contributed by atoms with Crippen molar-refractivity contribution in [3.63, 3.8) is 0 Å². The Bertz CT molecular complexity index is 1470. The molecule has 1 aliphatic rings. The van der Waals surface area contributed by atoms with Crippen molar-refractivity contribution in [2.45, 2.75) is 13.0 Å². The number of imide groups is 2. The van der Waals surface area contributed by atoms with Crippen molar-refractivity contribution in [2.75, 3.05) is 12.0 Å². The molecule has 0 unspecified atom stereocenters. The molecule has 194 valence electrons. The second-order valence-electron chi connectivity index (χ2n) is 8.18. The van der Waals surface area contributed by atoms with Gasteiger partial charge in [-0.1, -0.05) is 35.3 Å². The number of ether oxygens (including phenoxy) is 2. The summed E-state index contributed by atoms with van der Waals surface area (Å²) in [5.41, 5.74) is 1.74. The number of rotatable bonds is 8. The Morgan fingerprint density at radius 1 is 1.03 bits per heavy atom. The van der Waals surface area contributed by atoms with Crippen molar-refractivity contribution < 1.29 is 28.2 Å². The van der Waals surface area contributed by atoms with E-state index in [1.807, 2.05) is 0 Å². The van der Waals surface area contributed by atoms with Crippen LogP contribution in [0.25, 0.3) is 6.08 Å². The van der Waals surface area contributed by atoms with Gasteiger partial charge in [-0.25, -0.2) is 14.1 Å². The van der Waals surface area contributed by atoms with E-state index in [0.29, 0.717) is 39.1 Å². The molecule has 1 aliphatic heterocycles. The van der Waals surface area contributed by atoms with Gasteiger partial charge < -0.3 is 9.47 Å². The SMILES string of the molecule is C=CCc1cc(/C=C2\C(=O)NC(=O)N(c3ccc(F)cc3)C2=O)cc(OC)c1OCc1ccc(Cl)c(Cl)c1. The van der Waals surface area contributed by atoms with Crippen molar-refractivity contribution in [1.82, 2.24) is 5.32 Å². The monoisotopic (exact) mass is 554 g/mol. The fourth-order valence-corrected chi connectivity index (χ4v) is 4.14. The lowest BCUT2D eigenvalue weighted by Crippen LogP contribution is -2.54. The third-order valence-electron chi connectivity index (χ3n) is 5.60. The Labute approximate surface area is 228 Å². The highest BCUT2D eigenvalue weighted by Gasteiger charge is 2.37. The number of nitrogens with one attached hydrogen (secondary N) is 1. The van der Waals surface area contributed by atoms with Crippen molar-refractivity contribution in [1.29, 1.82) is 0 Å². The fraction of sp³-hybridized carbons (Fsp3) is 0.107. The molecule has 0 aliphatic carbocycles. The molecule has 0 atom stereocenters. The smallest absolute Gasteiger partial charge is 0.335 e. The molecule has 1 fully saturated rings. The maximum absolute atomic E-state index is 13.4. The van der Waals surface area contributed by atoms with Crippen LogP contribution in [0.15, 0.2) is 72.8 Å². The molecule has 38 heavy (non-hydrogen) atoms. The van der Waals surface area contributed by atoms with Crippen molar-refractivity contribution in [2.24, 2.45) is 0 Å². The maximum atomic E-state index is 13.4. The number of amides is 4. The summed E-state index contributed by atoms with van der Waals surface area (Å²) >= 11 is 12.1. The number of hydrogen-bond donors (Lipinski definition) is 1. The van der Waals surface area contributed by atoms with Gasteiger partial charge in [-0.05, 0) is 72.2 Å². The first-order chi connectivity index (χ1) is 18.2. The van der Waals surface area contributed by atoms with E-state index in [1.54, 1.807) is 36.4 Å². The average molecular weight is 555 g/mol. The molecule has 3 aromatic carbocycles. The number of allylic oxidation sites excluding steroid dienone is 1. The van der Waals surface area contributed by atoms with E-state index in [0.717, 1.165) is 22.6 Å². The van der Waals surface area contributed by atoms with Gasteiger partial charge in [0.2, 0.25) is 0 Å². The predicted octanol–water partition coefficient (Wildman–Crippen LogP) is 6.12. The number of halogens is 3. The number of barbiturate groups is 1. The standard InChI is InChI=1S/C28H21Cl2FN2O5/c1-3-4-18-11-17(14-24(37-2)25(18)38-15-16-5-10-22(29)23(30)13-16)12-21-26(34)32-28(36)33(27(21)35)20-8-6-19(31)7-9-20/h3,5-14H,1,4,15H2,2H3,(H,32,34,36)/b21-12+. The minimum absolute atomic E-state index is 0.114. The van der Waals surface area contributed by atoms with E-state index >= 15 is 0 Å². The molecule has 0 spiro atoms. The Morgan fingerprint density at radius 2 is 1.76 bits per heavy atom. The quantitative estimate of drug-likeness (QED) is 0.206. The van der Waals surface area contributed by atoms with Crippen LogP contribution in [0.5, 0.6) is 11.5 Å². The van der Waals surface area contributed by atoms with Crippen LogP contribution in [0, 0.1) is 5.82 Å². The lowest BCUT2D eigenvalue weighted by atomic mass is 10.0. The van der Waals surface area contributed by atoms with Crippen molar-refractivity contribution in [3.8, 4) is 11.5 Å². The summed E-state index contributed by atoms with van der Waals surface area (Å²) in [5, 5.41) is 2.97. The zero-order chi connectivity index (χ0) is 27.4. The molecule has 10 heteroatoms. The fourth-order valence-electron chi connectivity index (χ4n) is 3.82. The normalized spacial score (nSPS) is 14.5. The van der Waals surface area contributed by atoms with E-state index in [4.69, 9.17) is 32.7 Å². The topological polar surface area (TPSA) is 84.9 Å². The Balaban J connectivity index is 1.69. The van der Waals surface area contributed by atoms with Gasteiger partial charge in [0.1, 0.15) is 18.0 Å². The van der Waals surface area contributed by atoms with Crippen LogP contribution in [-0.4, -0.2) is 25.0 Å². The Morgan fingerprint density at radius 3 is 2.42 bits per heavy atom. The molecule has 0 saturated carbocycles. The first kappa shape index (κ1) is 26.9. The number of carbonyl (C=O) groups excluding carboxylic acids is 3. The van der Waals surface area contributed by atoms with Crippen LogP contribution in [0.4, 0.5) is 14.9 Å². The Hall–Kier alpha value is -4.14. The molecule has 4 rings (SSSR count). The number of hydrogen-bond acceptors (Lipinski definition) is 5. The van der Waals surface area contributed by atoms with Gasteiger partial charge in [-0.3, -0.25) is 14.9 Å². The highest BCUT2D eigenvalue weighted by atomic mass is 35.5. The molecule has 0 bridgehead atoms. The first-order valence-electron chi connectivity index (χ1n) is 11.3. The lowest BCUT2D eigenvalue weighted by Gasteiger charge is -2.26. The summed E-state index contributed by atoms with van der Waals surface area (Å²) in [6, 6.07) is 12.3. The molecule has 3 aromatic rings. The van der Waals surface area contributed by atoms with E-state index in [1.165, 1.54) is 25.3 Å². The molecular formula is C28H21Cl2FN2O5. The van der Waals surface area contributed by atoms with Crippen LogP contribution < -0.4 is 19.7 Å². The van der Waals surface area contributed by atoms with Gasteiger partial charge in [0.25, 0.3) is 11.8 Å². The molecule has 4 amide bonds. The largest absolute Gasteiger partial charge is 0.493 e. The van der Waals surface area contributed by atoms with Crippen LogP contribution in [0.1, 0.15) is 16.7 Å². The van der Waals surface area contributed by atoms with E-state index in [2.05, 4.69) is 11.9 Å². The summed E-state index contributed by atoms with van der Waals surface area (Å²) in [7, 11) is 1.46. The first-order valence-corrected chi connectivity index (χ1v) is 12.0. The number of anilines is 1. The highest BCUT2D eigenvalue weighted by Crippen LogP contribution is 2.36. The molecule has 7 nitrogen and oxygen atoms in total. The van der Waals surface area contributed by atoms with Crippen LogP contribution >= 0.6 is 23.2 Å².